The first-order chi connectivity index (χ1) is 20.3. The SMILES string of the molecule is CC1O[C@@H](C(=O)[C@@H]2CC[C@@]3(C)C(CC[C@]4(C)C3CC=C3C5CC(C)(C)CC[C@]5(C(=O)O)CC[C@]34C)C2(C)C)C(O)C(O)[C@@H]1O. The molecule has 5 aliphatic carbocycles. The zero-order valence-corrected chi connectivity index (χ0v) is 28.4. The zero-order chi connectivity index (χ0) is 32.4. The number of rotatable bonds is 3. The Labute approximate surface area is 264 Å². The number of ketones is 1. The summed E-state index contributed by atoms with van der Waals surface area (Å²) in [6.07, 6.45) is 5.54. The number of carboxylic acids is 1. The van der Waals surface area contributed by atoms with Crippen molar-refractivity contribution in [2.45, 2.75) is 150 Å². The summed E-state index contributed by atoms with van der Waals surface area (Å²) < 4.78 is 5.85. The van der Waals surface area contributed by atoms with Gasteiger partial charge in [0.25, 0.3) is 0 Å². The van der Waals surface area contributed by atoms with Crippen molar-refractivity contribution in [1.82, 2.24) is 0 Å². The number of Topliss-reactive ketones (excluding diaryl/α,β-unsaturated/α-hetero) is 1. The summed E-state index contributed by atoms with van der Waals surface area (Å²) in [6, 6.07) is 0. The van der Waals surface area contributed by atoms with Gasteiger partial charge in [0.1, 0.15) is 24.4 Å². The quantitative estimate of drug-likeness (QED) is 0.291. The molecule has 0 amide bonds. The van der Waals surface area contributed by atoms with Gasteiger partial charge >= 0.3 is 5.97 Å². The number of aliphatic carboxylic acids is 1. The number of allylic oxidation sites excluding steroid dienone is 2. The van der Waals surface area contributed by atoms with Crippen LogP contribution in [0, 0.1) is 56.2 Å². The fourth-order valence-electron chi connectivity index (χ4n) is 12.6. The third-order valence-corrected chi connectivity index (χ3v) is 15.6. The first kappa shape index (κ1) is 32.7. The molecule has 6 rings (SSSR count). The molecule has 0 radical (unpaired) electrons. The minimum absolute atomic E-state index is 0.0144. The Morgan fingerprint density at radius 2 is 1.48 bits per heavy atom. The molecule has 44 heavy (non-hydrogen) atoms. The van der Waals surface area contributed by atoms with E-state index in [4.69, 9.17) is 4.74 Å². The van der Waals surface area contributed by atoms with E-state index in [1.54, 1.807) is 6.92 Å². The van der Waals surface area contributed by atoms with Crippen molar-refractivity contribution in [2.75, 3.05) is 0 Å². The summed E-state index contributed by atoms with van der Waals surface area (Å²) in [6.45, 7) is 18.2. The smallest absolute Gasteiger partial charge is 0.310 e. The second-order valence-electron chi connectivity index (χ2n) is 18.2. The third-order valence-electron chi connectivity index (χ3n) is 15.6. The summed E-state index contributed by atoms with van der Waals surface area (Å²) in [5, 5.41) is 42.1. The standard InChI is InChI=1S/C37H58O7/c1-20-26(38)28(40)29(41)30(44-20)27(39)22-11-13-34(6)24(33(22,4)5)12-14-36(8)25(34)10-9-21-23-19-32(2,3)15-17-37(23,31(42)43)18-16-35(21,36)7/h9,20,22-26,28-30,38,40-41H,10-19H2,1-8H3,(H,42,43)/t20?,22-,23?,24?,25?,26+,28?,29?,30-,34-,35+,36+,37-/m0/s1. The van der Waals surface area contributed by atoms with E-state index in [1.165, 1.54) is 5.57 Å². The van der Waals surface area contributed by atoms with Crippen molar-refractivity contribution in [2.24, 2.45) is 56.2 Å². The number of carboxylic acid groups (broad SMARTS) is 1. The van der Waals surface area contributed by atoms with Crippen molar-refractivity contribution in [3.63, 3.8) is 0 Å². The number of hydrogen-bond donors (Lipinski definition) is 4. The van der Waals surface area contributed by atoms with Crippen LogP contribution >= 0.6 is 0 Å². The van der Waals surface area contributed by atoms with E-state index in [-0.39, 0.29) is 44.7 Å². The molecule has 0 aromatic rings. The van der Waals surface area contributed by atoms with Gasteiger partial charge in [0, 0.05) is 5.92 Å². The first-order valence-corrected chi connectivity index (χ1v) is 17.4. The van der Waals surface area contributed by atoms with Crippen LogP contribution in [0.3, 0.4) is 0 Å². The lowest BCUT2D eigenvalue weighted by Crippen LogP contribution is -2.66. The lowest BCUT2D eigenvalue weighted by molar-refractivity contribution is -0.225. The van der Waals surface area contributed by atoms with Crippen LogP contribution in [0.2, 0.25) is 0 Å². The van der Waals surface area contributed by atoms with Crippen LogP contribution < -0.4 is 0 Å². The number of aliphatic hydroxyl groups excluding tert-OH is 3. The number of hydrogen-bond acceptors (Lipinski definition) is 6. The second-order valence-corrected chi connectivity index (χ2v) is 18.2. The molecule has 1 aliphatic heterocycles. The summed E-state index contributed by atoms with van der Waals surface area (Å²) in [4.78, 5) is 27.0. The van der Waals surface area contributed by atoms with Gasteiger partial charge in [-0.05, 0) is 116 Å². The van der Waals surface area contributed by atoms with Gasteiger partial charge in [-0.3, -0.25) is 9.59 Å². The van der Waals surface area contributed by atoms with Crippen molar-refractivity contribution >= 4 is 11.8 Å². The highest BCUT2D eigenvalue weighted by molar-refractivity contribution is 5.87. The van der Waals surface area contributed by atoms with Gasteiger partial charge in [-0.15, -0.1) is 0 Å². The molecule has 0 aromatic heterocycles. The highest BCUT2D eigenvalue weighted by atomic mass is 16.5. The Balaban J connectivity index is 1.32. The maximum absolute atomic E-state index is 14.1. The van der Waals surface area contributed by atoms with Gasteiger partial charge in [0.2, 0.25) is 0 Å². The molecule has 4 saturated carbocycles. The molecule has 7 nitrogen and oxygen atoms in total. The van der Waals surface area contributed by atoms with Crippen LogP contribution in [0.25, 0.3) is 0 Å². The lowest BCUT2D eigenvalue weighted by atomic mass is 9.33. The zero-order valence-electron chi connectivity index (χ0n) is 28.4. The Kier molecular flexibility index (Phi) is 7.50. The van der Waals surface area contributed by atoms with E-state index >= 15 is 0 Å². The summed E-state index contributed by atoms with van der Waals surface area (Å²) in [7, 11) is 0. The molecule has 6 aliphatic rings. The minimum Gasteiger partial charge on any atom is -0.481 e. The van der Waals surface area contributed by atoms with Gasteiger partial charge in [0.15, 0.2) is 5.78 Å². The van der Waals surface area contributed by atoms with Crippen LogP contribution in [0.15, 0.2) is 11.6 Å². The molecule has 248 valence electrons. The van der Waals surface area contributed by atoms with Crippen molar-refractivity contribution in [3.8, 4) is 0 Å². The highest BCUT2D eigenvalue weighted by Crippen LogP contribution is 2.76. The molecular formula is C37H58O7. The van der Waals surface area contributed by atoms with Crippen LogP contribution in [0.4, 0.5) is 0 Å². The van der Waals surface area contributed by atoms with Gasteiger partial charge in [-0.2, -0.15) is 0 Å². The van der Waals surface area contributed by atoms with Crippen LogP contribution in [-0.2, 0) is 14.3 Å². The highest BCUT2D eigenvalue weighted by Gasteiger charge is 2.70. The maximum atomic E-state index is 14.1. The van der Waals surface area contributed by atoms with Gasteiger partial charge in [-0.1, -0.05) is 60.1 Å². The maximum Gasteiger partial charge on any atom is 0.310 e. The number of carbonyl (C=O) groups is 2. The van der Waals surface area contributed by atoms with Crippen molar-refractivity contribution in [3.05, 3.63) is 11.6 Å². The van der Waals surface area contributed by atoms with Crippen LogP contribution in [0.1, 0.15) is 120 Å². The van der Waals surface area contributed by atoms with Gasteiger partial charge in [0.05, 0.1) is 11.5 Å². The van der Waals surface area contributed by atoms with E-state index in [9.17, 15) is 30.0 Å². The fourth-order valence-corrected chi connectivity index (χ4v) is 12.6. The number of aliphatic hydroxyl groups is 3. The van der Waals surface area contributed by atoms with Gasteiger partial charge in [-0.25, -0.2) is 0 Å². The fraction of sp³-hybridized carbons (Fsp3) is 0.892. The Bertz CT molecular complexity index is 1240. The molecule has 0 bridgehead atoms. The average molecular weight is 615 g/mol. The van der Waals surface area contributed by atoms with Crippen molar-refractivity contribution < 1.29 is 34.8 Å². The topological polar surface area (TPSA) is 124 Å². The molecule has 0 aromatic carbocycles. The van der Waals surface area contributed by atoms with Gasteiger partial charge < -0.3 is 25.2 Å². The largest absolute Gasteiger partial charge is 0.481 e. The van der Waals surface area contributed by atoms with Crippen molar-refractivity contribution in [1.29, 1.82) is 0 Å². The molecule has 5 fully saturated rings. The third kappa shape index (κ3) is 4.20. The average Bonchev–Trinajstić information content (AvgIpc) is 2.93. The van der Waals surface area contributed by atoms with E-state index in [1.807, 2.05) is 0 Å². The molecular weight excluding hydrogens is 556 g/mol. The molecule has 1 saturated heterocycles. The number of ether oxygens (including phenoxy) is 1. The normalized spacial score (nSPS) is 52.8. The van der Waals surface area contributed by atoms with E-state index in [2.05, 4.69) is 54.5 Å². The molecule has 1 heterocycles. The van der Waals surface area contributed by atoms with Crippen LogP contribution in [0.5, 0.6) is 0 Å². The predicted octanol–water partition coefficient (Wildman–Crippen LogP) is 5.93. The summed E-state index contributed by atoms with van der Waals surface area (Å²) in [5.41, 5.74) is 0.605. The van der Waals surface area contributed by atoms with E-state index in [0.717, 1.165) is 57.8 Å². The first-order valence-electron chi connectivity index (χ1n) is 17.4. The van der Waals surface area contributed by atoms with E-state index < -0.39 is 41.9 Å². The summed E-state index contributed by atoms with van der Waals surface area (Å²) in [5.74, 6) is -0.227. The Morgan fingerprint density at radius 3 is 2.14 bits per heavy atom. The predicted molar refractivity (Wildman–Crippen MR) is 168 cm³/mol. The molecule has 0 spiro atoms. The molecule has 6 unspecified atom stereocenters. The molecule has 13 atom stereocenters. The Morgan fingerprint density at radius 1 is 0.818 bits per heavy atom. The molecule has 7 heteroatoms. The number of fused-ring (bicyclic) bond motifs is 7. The summed E-state index contributed by atoms with van der Waals surface area (Å²) >= 11 is 0. The van der Waals surface area contributed by atoms with E-state index in [0.29, 0.717) is 18.3 Å². The monoisotopic (exact) mass is 614 g/mol. The Hall–Kier alpha value is -1.28. The second kappa shape index (κ2) is 10.1. The lowest BCUT2D eigenvalue weighted by Gasteiger charge is -2.71. The number of carbonyl (C=O) groups excluding carboxylic acids is 1. The molecule has 4 N–H and O–H groups in total. The van der Waals surface area contributed by atoms with Crippen LogP contribution in [-0.4, -0.2) is 62.7 Å². The minimum atomic E-state index is -1.44.